The van der Waals surface area contributed by atoms with Gasteiger partial charge < -0.3 is 42.8 Å². The first kappa shape index (κ1) is 45.8. The molecule has 0 radical (unpaired) electrons. The molecule has 0 bridgehead atoms. The van der Waals surface area contributed by atoms with E-state index in [0.717, 1.165) is 85.3 Å². The third-order valence-corrected chi connectivity index (χ3v) is 8.10. The Morgan fingerprint density at radius 1 is 0.636 bits per heavy atom. The standard InChI is InChI=1S/C14H21NO3S2.C8H15IO3.C8H16O3S/c16-8-5-10-18-12-11-17-9-3-4-13-19-20-14-6-1-2-7-15-14;9-3-1-5-11-7-8-12-6-2-4-10;9-3-1-4-10-6-7-11-5-2-8-12/h1-2,6-8H,3-5,9-13H2;4H,1-3,5-8H2;3,12H,1-2,4-8H2. The molecule has 0 aromatic carbocycles. The largest absolute Gasteiger partial charge is 0.379 e. The molecule has 0 atom stereocenters. The molecule has 0 saturated heterocycles. The van der Waals surface area contributed by atoms with Crippen LogP contribution in [0.4, 0.5) is 0 Å². The van der Waals surface area contributed by atoms with Gasteiger partial charge in [-0.25, -0.2) is 4.98 Å². The van der Waals surface area contributed by atoms with E-state index >= 15 is 0 Å². The first-order valence-corrected chi connectivity index (χ1v) is 19.4. The number of aldehydes is 3. The van der Waals surface area contributed by atoms with E-state index in [-0.39, 0.29) is 0 Å². The third-order valence-electron chi connectivity index (χ3n) is 4.67. The van der Waals surface area contributed by atoms with E-state index in [0.29, 0.717) is 78.7 Å². The van der Waals surface area contributed by atoms with Crippen LogP contribution in [0.15, 0.2) is 29.4 Å². The molecule has 0 amide bonds. The average molecular weight is 794 g/mol. The smallest absolute Gasteiger partial charge is 0.122 e. The summed E-state index contributed by atoms with van der Waals surface area (Å²) in [6.45, 7) is 7.39. The monoisotopic (exact) mass is 793 g/mol. The predicted octanol–water partition coefficient (Wildman–Crippen LogP) is 5.59. The molecule has 256 valence electrons. The number of aromatic nitrogens is 1. The lowest BCUT2D eigenvalue weighted by molar-refractivity contribution is -0.109. The van der Waals surface area contributed by atoms with Crippen LogP contribution in [0.3, 0.4) is 0 Å². The van der Waals surface area contributed by atoms with Gasteiger partial charge >= 0.3 is 0 Å². The molecule has 1 aromatic heterocycles. The number of halogens is 1. The quantitative estimate of drug-likeness (QED) is 0.0252. The Morgan fingerprint density at radius 3 is 1.55 bits per heavy atom. The maximum atomic E-state index is 10.0. The highest BCUT2D eigenvalue weighted by Gasteiger charge is 1.96. The molecular weight excluding hydrogens is 741 g/mol. The summed E-state index contributed by atoms with van der Waals surface area (Å²) in [5, 5.41) is 1.06. The van der Waals surface area contributed by atoms with E-state index in [2.05, 4.69) is 40.2 Å². The molecule has 1 heterocycles. The summed E-state index contributed by atoms with van der Waals surface area (Å²) >= 11 is 6.36. The molecule has 44 heavy (non-hydrogen) atoms. The van der Waals surface area contributed by atoms with E-state index in [4.69, 9.17) is 28.4 Å². The summed E-state index contributed by atoms with van der Waals surface area (Å²) in [4.78, 5) is 34.0. The first-order valence-electron chi connectivity index (χ1n) is 14.9. The van der Waals surface area contributed by atoms with E-state index in [1.54, 1.807) is 10.8 Å². The number of hydrogen-bond acceptors (Lipinski definition) is 13. The highest BCUT2D eigenvalue weighted by Crippen LogP contribution is 2.29. The van der Waals surface area contributed by atoms with Crippen LogP contribution in [0.5, 0.6) is 0 Å². The maximum absolute atomic E-state index is 10.0. The van der Waals surface area contributed by atoms with E-state index < -0.39 is 0 Å². The number of carbonyl (C=O) groups is 3. The van der Waals surface area contributed by atoms with Crippen molar-refractivity contribution in [1.82, 2.24) is 4.98 Å². The second kappa shape index (κ2) is 44.8. The minimum absolute atomic E-state index is 0.463. The van der Waals surface area contributed by atoms with Crippen LogP contribution in [-0.4, -0.2) is 119 Å². The summed E-state index contributed by atoms with van der Waals surface area (Å²) in [7, 11) is 3.54. The number of thiol groups is 1. The summed E-state index contributed by atoms with van der Waals surface area (Å²) in [5.41, 5.74) is 0. The second-order valence-corrected chi connectivity index (χ2v) is 12.4. The van der Waals surface area contributed by atoms with Crippen molar-refractivity contribution in [3.8, 4) is 0 Å². The zero-order valence-electron chi connectivity index (χ0n) is 25.9. The van der Waals surface area contributed by atoms with Gasteiger partial charge in [0.15, 0.2) is 0 Å². The van der Waals surface area contributed by atoms with Crippen molar-refractivity contribution in [2.45, 2.75) is 50.0 Å². The fraction of sp³-hybridized carbons (Fsp3) is 0.733. The number of unbranched alkanes of at least 4 members (excludes halogenated alkanes) is 1. The third kappa shape index (κ3) is 43.8. The van der Waals surface area contributed by atoms with Crippen LogP contribution < -0.4 is 0 Å². The van der Waals surface area contributed by atoms with Gasteiger partial charge in [0, 0.05) is 55.5 Å². The molecule has 0 aliphatic heterocycles. The Kier molecular flexibility index (Phi) is 46.7. The molecule has 0 aliphatic rings. The van der Waals surface area contributed by atoms with Crippen molar-refractivity contribution in [2.24, 2.45) is 0 Å². The predicted molar refractivity (Wildman–Crippen MR) is 191 cm³/mol. The lowest BCUT2D eigenvalue weighted by Gasteiger charge is -2.04. The van der Waals surface area contributed by atoms with Crippen molar-refractivity contribution in [1.29, 1.82) is 0 Å². The van der Waals surface area contributed by atoms with Gasteiger partial charge in [-0.15, -0.1) is 0 Å². The highest BCUT2D eigenvalue weighted by atomic mass is 127. The summed E-state index contributed by atoms with van der Waals surface area (Å²) in [5.74, 6) is 1.95. The molecule has 1 rings (SSSR count). The molecule has 1 aromatic rings. The van der Waals surface area contributed by atoms with Gasteiger partial charge in [-0.2, -0.15) is 12.6 Å². The lowest BCUT2D eigenvalue weighted by Crippen LogP contribution is -2.06. The van der Waals surface area contributed by atoms with Gasteiger partial charge in [-0.3, -0.25) is 0 Å². The van der Waals surface area contributed by atoms with Crippen molar-refractivity contribution in [3.63, 3.8) is 0 Å². The topological polar surface area (TPSA) is 119 Å². The van der Waals surface area contributed by atoms with Gasteiger partial charge in [0.05, 0.1) is 59.5 Å². The van der Waals surface area contributed by atoms with Gasteiger partial charge in [-0.1, -0.05) is 39.5 Å². The summed E-state index contributed by atoms with van der Waals surface area (Å²) in [6, 6.07) is 5.95. The Balaban J connectivity index is 0. The van der Waals surface area contributed by atoms with Crippen molar-refractivity contribution < 1.29 is 42.8 Å². The van der Waals surface area contributed by atoms with Crippen LogP contribution in [0.2, 0.25) is 0 Å². The molecule has 0 aliphatic carbocycles. The van der Waals surface area contributed by atoms with Crippen LogP contribution in [-0.2, 0) is 42.8 Å². The fourth-order valence-electron chi connectivity index (χ4n) is 2.55. The number of nitrogens with zero attached hydrogens (tertiary/aromatic N) is 1. The minimum atomic E-state index is 0.463. The van der Waals surface area contributed by atoms with Gasteiger partial charge in [-0.05, 0) is 54.4 Å². The first-order chi connectivity index (χ1) is 21.8. The number of alkyl halides is 1. The molecule has 0 spiro atoms. The molecule has 0 fully saturated rings. The lowest BCUT2D eigenvalue weighted by atomic mass is 10.4. The zero-order chi connectivity index (χ0) is 32.4. The SMILES string of the molecule is O=CCCOCCOCCCCSSc1ccccn1.O=CCCOCCOCCCI.O=CCCOCCOCCCS. The molecular formula is C30H52INO9S3. The molecule has 0 N–H and O–H groups in total. The van der Waals surface area contributed by atoms with E-state index in [1.165, 1.54) is 0 Å². The van der Waals surface area contributed by atoms with Crippen molar-refractivity contribution in [2.75, 3.05) is 95.2 Å². The van der Waals surface area contributed by atoms with Crippen LogP contribution >= 0.6 is 56.8 Å². The minimum Gasteiger partial charge on any atom is -0.379 e. The number of ether oxygens (including phenoxy) is 6. The van der Waals surface area contributed by atoms with Crippen LogP contribution in [0.25, 0.3) is 0 Å². The fourth-order valence-corrected chi connectivity index (χ4v) is 5.01. The average Bonchev–Trinajstić information content (AvgIpc) is 3.05. The second-order valence-electron chi connectivity index (χ2n) is 8.44. The Labute approximate surface area is 291 Å². The molecule has 10 nitrogen and oxygen atoms in total. The van der Waals surface area contributed by atoms with Gasteiger partial charge in [0.25, 0.3) is 0 Å². The van der Waals surface area contributed by atoms with Gasteiger partial charge in [0.1, 0.15) is 23.9 Å². The summed E-state index contributed by atoms with van der Waals surface area (Å²) in [6.07, 6.45) is 10.1. The van der Waals surface area contributed by atoms with E-state index in [9.17, 15) is 14.4 Å². The van der Waals surface area contributed by atoms with E-state index in [1.807, 2.05) is 35.2 Å². The molecule has 0 unspecified atom stereocenters. The Hall–Kier alpha value is -0.300. The number of carbonyl (C=O) groups excluding carboxylic acids is 3. The molecule has 14 heteroatoms. The van der Waals surface area contributed by atoms with Crippen molar-refractivity contribution in [3.05, 3.63) is 24.4 Å². The van der Waals surface area contributed by atoms with Crippen LogP contribution in [0.1, 0.15) is 44.9 Å². The van der Waals surface area contributed by atoms with Crippen molar-refractivity contribution >= 4 is 75.7 Å². The zero-order valence-corrected chi connectivity index (χ0v) is 30.5. The maximum Gasteiger partial charge on any atom is 0.122 e. The number of rotatable bonds is 31. The Morgan fingerprint density at radius 2 is 1.11 bits per heavy atom. The highest BCUT2D eigenvalue weighted by molar-refractivity contribution is 14.1. The number of pyridine rings is 1. The van der Waals surface area contributed by atoms with Crippen LogP contribution in [0, 0.1) is 0 Å². The number of hydrogen-bond donors (Lipinski definition) is 1. The van der Waals surface area contributed by atoms with Gasteiger partial charge in [0.2, 0.25) is 0 Å². The normalized spacial score (nSPS) is 10.3. The Bertz CT molecular complexity index is 677. The summed E-state index contributed by atoms with van der Waals surface area (Å²) < 4.78 is 32.4. The molecule has 0 saturated carbocycles.